The van der Waals surface area contributed by atoms with E-state index in [1.54, 1.807) is 4.90 Å². The van der Waals surface area contributed by atoms with Crippen molar-refractivity contribution in [3.05, 3.63) is 0 Å². The van der Waals surface area contributed by atoms with Crippen LogP contribution in [0.2, 0.25) is 0 Å². The second-order valence-corrected chi connectivity index (χ2v) is 3.95. The molecule has 0 atom stereocenters. The molecule has 1 aliphatic carbocycles. The Kier molecular flexibility index (Phi) is 3.97. The molecule has 2 N–H and O–H groups in total. The largest absolute Gasteiger partial charge is 0.342 e. The van der Waals surface area contributed by atoms with Crippen LogP contribution in [0, 0.1) is 12.3 Å². The first kappa shape index (κ1) is 11.1. The maximum atomic E-state index is 11.5. The van der Waals surface area contributed by atoms with Crippen molar-refractivity contribution in [3.8, 4) is 12.3 Å². The van der Waals surface area contributed by atoms with E-state index in [4.69, 9.17) is 12.2 Å². The number of nitrogens with zero attached hydrogens (tertiary/aromatic N) is 1. The summed E-state index contributed by atoms with van der Waals surface area (Å²) in [7, 11) is 1.83. The molecule has 1 rings (SSSR count). The lowest BCUT2D eigenvalue weighted by Crippen LogP contribution is -2.41. The molecule has 0 saturated heterocycles. The summed E-state index contributed by atoms with van der Waals surface area (Å²) in [6.07, 6.45) is 9.35. The Balaban J connectivity index is 2.41. The van der Waals surface area contributed by atoms with Crippen LogP contribution in [0.25, 0.3) is 0 Å². The van der Waals surface area contributed by atoms with Crippen molar-refractivity contribution < 1.29 is 4.79 Å². The monoisotopic (exact) mass is 194 g/mol. The summed E-state index contributed by atoms with van der Waals surface area (Å²) in [5.74, 6) is 2.43. The summed E-state index contributed by atoms with van der Waals surface area (Å²) in [6.45, 7) is 0. The fraction of sp³-hybridized carbons (Fsp3) is 0.727. The van der Waals surface area contributed by atoms with Crippen LogP contribution in [-0.4, -0.2) is 29.9 Å². The number of carbonyl (C=O) groups excluding carboxylic acids is 1. The smallest absolute Gasteiger partial charge is 0.234 e. The molecule has 0 aromatic rings. The molecule has 0 unspecified atom stereocenters. The molecule has 3 nitrogen and oxygen atoms in total. The first-order valence-electron chi connectivity index (χ1n) is 5.10. The van der Waals surface area contributed by atoms with E-state index in [9.17, 15) is 4.79 Å². The number of hydrogen-bond acceptors (Lipinski definition) is 2. The zero-order chi connectivity index (χ0) is 10.6. The minimum absolute atomic E-state index is 0.0490. The van der Waals surface area contributed by atoms with Crippen molar-refractivity contribution in [2.45, 2.75) is 44.2 Å². The number of amides is 1. The second-order valence-electron chi connectivity index (χ2n) is 3.95. The maximum absolute atomic E-state index is 11.5. The van der Waals surface area contributed by atoms with E-state index < -0.39 is 0 Å². The van der Waals surface area contributed by atoms with E-state index in [0.717, 1.165) is 25.7 Å². The van der Waals surface area contributed by atoms with Crippen molar-refractivity contribution in [2.75, 3.05) is 7.05 Å². The minimum Gasteiger partial charge on any atom is -0.342 e. The lowest BCUT2D eigenvalue weighted by Gasteiger charge is -2.33. The van der Waals surface area contributed by atoms with Crippen molar-refractivity contribution in [1.82, 2.24) is 4.90 Å². The molecule has 1 saturated carbocycles. The normalized spacial score (nSPS) is 26.6. The van der Waals surface area contributed by atoms with Gasteiger partial charge in [-0.25, -0.2) is 0 Å². The summed E-state index contributed by atoms with van der Waals surface area (Å²) >= 11 is 0. The third kappa shape index (κ3) is 2.74. The molecule has 0 radical (unpaired) electrons. The van der Waals surface area contributed by atoms with Crippen LogP contribution in [0.3, 0.4) is 0 Å². The van der Waals surface area contributed by atoms with Gasteiger partial charge in [-0.05, 0) is 25.7 Å². The molecule has 78 valence electrons. The van der Waals surface area contributed by atoms with Gasteiger partial charge in [0.2, 0.25) is 5.91 Å². The Morgan fingerprint density at radius 2 is 2.07 bits per heavy atom. The van der Waals surface area contributed by atoms with Gasteiger partial charge in [0, 0.05) is 19.1 Å². The summed E-state index contributed by atoms with van der Waals surface area (Å²) in [6, 6.07) is 0.665. The Bertz CT molecular complexity index is 236. The maximum Gasteiger partial charge on any atom is 0.234 e. The van der Waals surface area contributed by atoms with E-state index >= 15 is 0 Å². The summed E-state index contributed by atoms with van der Waals surface area (Å²) in [4.78, 5) is 13.3. The van der Waals surface area contributed by atoms with Gasteiger partial charge in [-0.3, -0.25) is 4.79 Å². The van der Waals surface area contributed by atoms with Gasteiger partial charge in [0.15, 0.2) is 0 Å². The van der Waals surface area contributed by atoms with Crippen LogP contribution < -0.4 is 5.73 Å². The number of hydrogen-bond donors (Lipinski definition) is 1. The quantitative estimate of drug-likeness (QED) is 0.659. The number of carbonyl (C=O) groups is 1. The Morgan fingerprint density at radius 1 is 1.50 bits per heavy atom. The molecule has 0 aliphatic heterocycles. The Hall–Kier alpha value is -1.01. The van der Waals surface area contributed by atoms with E-state index in [0.29, 0.717) is 12.1 Å². The third-order valence-corrected chi connectivity index (χ3v) is 2.94. The average molecular weight is 194 g/mol. The summed E-state index contributed by atoms with van der Waals surface area (Å²) in [5.41, 5.74) is 5.80. The zero-order valence-corrected chi connectivity index (χ0v) is 8.70. The average Bonchev–Trinajstić information content (AvgIpc) is 2.18. The SMILES string of the molecule is C#CCC(=O)N(C)C1CCC(N)CC1. The first-order valence-corrected chi connectivity index (χ1v) is 5.10. The van der Waals surface area contributed by atoms with Gasteiger partial charge >= 0.3 is 0 Å². The molecule has 0 bridgehead atoms. The standard InChI is InChI=1S/C11H18N2O/c1-3-4-11(14)13(2)10-7-5-9(12)6-8-10/h1,9-10H,4-8,12H2,2H3. The highest BCUT2D eigenvalue weighted by Gasteiger charge is 2.24. The lowest BCUT2D eigenvalue weighted by molar-refractivity contribution is -0.131. The summed E-state index contributed by atoms with van der Waals surface area (Å²) < 4.78 is 0. The third-order valence-electron chi connectivity index (χ3n) is 2.94. The first-order chi connectivity index (χ1) is 6.65. The van der Waals surface area contributed by atoms with E-state index in [-0.39, 0.29) is 12.3 Å². The van der Waals surface area contributed by atoms with Crippen LogP contribution in [0.15, 0.2) is 0 Å². The predicted molar refractivity (Wildman–Crippen MR) is 56.5 cm³/mol. The van der Waals surface area contributed by atoms with E-state index in [1.807, 2.05) is 7.05 Å². The van der Waals surface area contributed by atoms with E-state index in [2.05, 4.69) is 5.92 Å². The molecule has 0 heterocycles. The van der Waals surface area contributed by atoms with Gasteiger partial charge in [-0.2, -0.15) is 0 Å². The number of rotatable bonds is 2. The highest BCUT2D eigenvalue weighted by molar-refractivity contribution is 5.78. The molecular weight excluding hydrogens is 176 g/mol. The van der Waals surface area contributed by atoms with Crippen LogP contribution >= 0.6 is 0 Å². The lowest BCUT2D eigenvalue weighted by atomic mass is 9.91. The Labute approximate surface area is 85.6 Å². The van der Waals surface area contributed by atoms with Gasteiger partial charge in [0.05, 0.1) is 6.42 Å². The summed E-state index contributed by atoms with van der Waals surface area (Å²) in [5, 5.41) is 0. The molecule has 1 aliphatic rings. The second kappa shape index (κ2) is 5.02. The van der Waals surface area contributed by atoms with Gasteiger partial charge < -0.3 is 10.6 Å². The van der Waals surface area contributed by atoms with Crippen molar-refractivity contribution in [2.24, 2.45) is 5.73 Å². The van der Waals surface area contributed by atoms with Crippen molar-refractivity contribution in [1.29, 1.82) is 0 Å². The molecule has 0 spiro atoms. The van der Waals surface area contributed by atoms with Crippen LogP contribution in [-0.2, 0) is 4.79 Å². The highest BCUT2D eigenvalue weighted by atomic mass is 16.2. The topological polar surface area (TPSA) is 46.3 Å². The Morgan fingerprint density at radius 3 is 2.57 bits per heavy atom. The van der Waals surface area contributed by atoms with Gasteiger partial charge in [0.1, 0.15) is 0 Å². The molecule has 1 fully saturated rings. The molecule has 1 amide bonds. The molecule has 0 aromatic carbocycles. The van der Waals surface area contributed by atoms with Gasteiger partial charge in [0.25, 0.3) is 0 Å². The fourth-order valence-electron chi connectivity index (χ4n) is 1.90. The minimum atomic E-state index is 0.0490. The molecule has 14 heavy (non-hydrogen) atoms. The zero-order valence-electron chi connectivity index (χ0n) is 8.70. The van der Waals surface area contributed by atoms with Gasteiger partial charge in [-0.15, -0.1) is 6.42 Å². The van der Waals surface area contributed by atoms with Crippen molar-refractivity contribution in [3.63, 3.8) is 0 Å². The highest BCUT2D eigenvalue weighted by Crippen LogP contribution is 2.21. The number of nitrogens with two attached hydrogens (primary N) is 1. The number of terminal acetylenes is 1. The molecular formula is C11H18N2O. The van der Waals surface area contributed by atoms with Gasteiger partial charge in [-0.1, -0.05) is 5.92 Å². The fourth-order valence-corrected chi connectivity index (χ4v) is 1.90. The van der Waals surface area contributed by atoms with Crippen LogP contribution in [0.5, 0.6) is 0 Å². The van der Waals surface area contributed by atoms with Crippen LogP contribution in [0.4, 0.5) is 0 Å². The van der Waals surface area contributed by atoms with E-state index in [1.165, 1.54) is 0 Å². The predicted octanol–water partition coefficient (Wildman–Crippen LogP) is 0.738. The molecule has 3 heteroatoms. The van der Waals surface area contributed by atoms with Crippen molar-refractivity contribution >= 4 is 5.91 Å². The molecule has 0 aromatic heterocycles. The van der Waals surface area contributed by atoms with Crippen LogP contribution in [0.1, 0.15) is 32.1 Å².